The van der Waals surface area contributed by atoms with Gasteiger partial charge in [0.25, 0.3) is 0 Å². The Morgan fingerprint density at radius 1 is 1.00 bits per heavy atom. The number of hydrogen-bond donors (Lipinski definition) is 1. The molecule has 0 amide bonds. The van der Waals surface area contributed by atoms with Crippen molar-refractivity contribution in [2.75, 3.05) is 0 Å². The van der Waals surface area contributed by atoms with Crippen LogP contribution in [0, 0.1) is 6.92 Å². The normalized spacial score (nSPS) is 10.5. The Morgan fingerprint density at radius 2 is 1.67 bits per heavy atom. The van der Waals surface area contributed by atoms with E-state index in [-0.39, 0.29) is 6.61 Å². The molecule has 0 atom stereocenters. The Bertz CT molecular complexity index is 426. The largest absolute Gasteiger partial charge is 0.463 e. The molecule has 0 saturated carbocycles. The van der Waals surface area contributed by atoms with Gasteiger partial charge in [-0.3, -0.25) is 0 Å². The van der Waals surface area contributed by atoms with Crippen molar-refractivity contribution in [3.05, 3.63) is 59.0 Å². The van der Waals surface area contributed by atoms with E-state index in [1.165, 1.54) is 11.1 Å². The minimum Gasteiger partial charge on any atom is -0.463 e. The van der Waals surface area contributed by atoms with Crippen LogP contribution in [0.1, 0.15) is 22.6 Å². The number of aliphatic hydroxyl groups is 1. The Labute approximate surface area is 89.2 Å². The van der Waals surface area contributed by atoms with Gasteiger partial charge >= 0.3 is 0 Å². The van der Waals surface area contributed by atoms with E-state index >= 15 is 0 Å². The molecule has 0 bridgehead atoms. The quantitative estimate of drug-likeness (QED) is 0.830. The summed E-state index contributed by atoms with van der Waals surface area (Å²) in [4.78, 5) is 0. The van der Waals surface area contributed by atoms with Gasteiger partial charge in [-0.25, -0.2) is 0 Å². The molecule has 0 saturated heterocycles. The molecule has 1 aromatic carbocycles. The van der Waals surface area contributed by atoms with Gasteiger partial charge in [-0.15, -0.1) is 0 Å². The highest BCUT2D eigenvalue weighted by molar-refractivity contribution is 5.25. The lowest BCUT2D eigenvalue weighted by atomic mass is 10.1. The summed E-state index contributed by atoms with van der Waals surface area (Å²) >= 11 is 0. The fourth-order valence-corrected chi connectivity index (χ4v) is 1.51. The van der Waals surface area contributed by atoms with Crippen molar-refractivity contribution in [2.24, 2.45) is 0 Å². The van der Waals surface area contributed by atoms with Gasteiger partial charge in [0.05, 0.1) is 0 Å². The maximum atomic E-state index is 8.86. The molecule has 0 aliphatic heterocycles. The Balaban J connectivity index is 2.11. The first kappa shape index (κ1) is 9.99. The van der Waals surface area contributed by atoms with Crippen molar-refractivity contribution in [2.45, 2.75) is 20.0 Å². The highest BCUT2D eigenvalue weighted by Crippen LogP contribution is 2.13. The fourth-order valence-electron chi connectivity index (χ4n) is 1.51. The molecule has 0 radical (unpaired) electrons. The van der Waals surface area contributed by atoms with Crippen LogP contribution in [-0.2, 0) is 13.0 Å². The zero-order valence-corrected chi connectivity index (χ0v) is 8.73. The molecule has 2 heteroatoms. The molecule has 0 spiro atoms. The van der Waals surface area contributed by atoms with Gasteiger partial charge in [0.15, 0.2) is 0 Å². The first-order valence-electron chi connectivity index (χ1n) is 5.02. The lowest BCUT2D eigenvalue weighted by Crippen LogP contribution is -1.85. The van der Waals surface area contributed by atoms with E-state index in [9.17, 15) is 0 Å². The minimum atomic E-state index is -0.0338. The number of benzene rings is 1. The number of aryl methyl sites for hydroxylation is 1. The average Bonchev–Trinajstić information content (AvgIpc) is 2.69. The summed E-state index contributed by atoms with van der Waals surface area (Å²) < 4.78 is 5.42. The first-order chi connectivity index (χ1) is 7.28. The van der Waals surface area contributed by atoms with E-state index in [0.29, 0.717) is 5.76 Å². The number of rotatable bonds is 3. The highest BCUT2D eigenvalue weighted by atomic mass is 16.4. The van der Waals surface area contributed by atoms with Crippen LogP contribution in [0.3, 0.4) is 0 Å². The predicted octanol–water partition coefficient (Wildman–Crippen LogP) is 2.67. The fraction of sp³-hybridized carbons (Fsp3) is 0.231. The van der Waals surface area contributed by atoms with Crippen molar-refractivity contribution in [1.29, 1.82) is 0 Å². The maximum absolute atomic E-state index is 8.86. The second kappa shape index (κ2) is 4.32. The van der Waals surface area contributed by atoms with E-state index in [1.54, 1.807) is 0 Å². The molecule has 2 nitrogen and oxygen atoms in total. The summed E-state index contributed by atoms with van der Waals surface area (Å²) in [6, 6.07) is 12.1. The molecule has 0 aliphatic rings. The van der Waals surface area contributed by atoms with E-state index in [0.717, 1.165) is 12.2 Å². The first-order valence-corrected chi connectivity index (χ1v) is 5.02. The standard InChI is InChI=1S/C13H14O2/c1-10-2-4-11(5-3-10)8-12-6-7-13(9-14)15-12/h2-7,14H,8-9H2,1H3. The summed E-state index contributed by atoms with van der Waals surface area (Å²) in [7, 11) is 0. The van der Waals surface area contributed by atoms with E-state index in [2.05, 4.69) is 31.2 Å². The zero-order valence-electron chi connectivity index (χ0n) is 8.73. The SMILES string of the molecule is Cc1ccc(Cc2ccc(CO)o2)cc1. The minimum absolute atomic E-state index is 0.0338. The van der Waals surface area contributed by atoms with E-state index in [1.807, 2.05) is 12.1 Å². The van der Waals surface area contributed by atoms with Crippen LogP contribution in [-0.4, -0.2) is 5.11 Å². The maximum Gasteiger partial charge on any atom is 0.129 e. The van der Waals surface area contributed by atoms with Crippen molar-refractivity contribution in [3.8, 4) is 0 Å². The van der Waals surface area contributed by atoms with Gasteiger partial charge in [-0.1, -0.05) is 29.8 Å². The predicted molar refractivity (Wildman–Crippen MR) is 58.6 cm³/mol. The van der Waals surface area contributed by atoms with Crippen LogP contribution < -0.4 is 0 Å². The third kappa shape index (κ3) is 2.48. The average molecular weight is 202 g/mol. The molecule has 0 fully saturated rings. The highest BCUT2D eigenvalue weighted by Gasteiger charge is 2.01. The van der Waals surface area contributed by atoms with E-state index < -0.39 is 0 Å². The molecule has 15 heavy (non-hydrogen) atoms. The van der Waals surface area contributed by atoms with Crippen LogP contribution in [0.15, 0.2) is 40.8 Å². The molecule has 1 aromatic heterocycles. The molecule has 2 aromatic rings. The molecular weight excluding hydrogens is 188 g/mol. The third-order valence-electron chi connectivity index (χ3n) is 2.37. The van der Waals surface area contributed by atoms with Crippen LogP contribution in [0.2, 0.25) is 0 Å². The van der Waals surface area contributed by atoms with Gasteiger partial charge < -0.3 is 9.52 Å². The lowest BCUT2D eigenvalue weighted by Gasteiger charge is -1.99. The molecule has 78 valence electrons. The van der Waals surface area contributed by atoms with Crippen molar-refractivity contribution >= 4 is 0 Å². The zero-order chi connectivity index (χ0) is 10.7. The van der Waals surface area contributed by atoms with Crippen molar-refractivity contribution < 1.29 is 9.52 Å². The number of aliphatic hydroxyl groups excluding tert-OH is 1. The smallest absolute Gasteiger partial charge is 0.129 e. The van der Waals surface area contributed by atoms with Crippen LogP contribution in [0.5, 0.6) is 0 Å². The molecule has 0 aliphatic carbocycles. The monoisotopic (exact) mass is 202 g/mol. The van der Waals surface area contributed by atoms with Gasteiger partial charge in [0, 0.05) is 6.42 Å². The number of furan rings is 1. The van der Waals surface area contributed by atoms with Crippen LogP contribution in [0.25, 0.3) is 0 Å². The summed E-state index contributed by atoms with van der Waals surface area (Å²) in [5.74, 6) is 1.51. The van der Waals surface area contributed by atoms with Crippen LogP contribution in [0.4, 0.5) is 0 Å². The van der Waals surface area contributed by atoms with Crippen molar-refractivity contribution in [1.82, 2.24) is 0 Å². The topological polar surface area (TPSA) is 33.4 Å². The summed E-state index contributed by atoms with van der Waals surface area (Å²) in [5.41, 5.74) is 2.48. The van der Waals surface area contributed by atoms with Crippen molar-refractivity contribution in [3.63, 3.8) is 0 Å². The van der Waals surface area contributed by atoms with Crippen LogP contribution >= 0.6 is 0 Å². The molecule has 2 rings (SSSR count). The Morgan fingerprint density at radius 3 is 2.27 bits per heavy atom. The molecule has 1 heterocycles. The molecule has 0 unspecified atom stereocenters. The second-order valence-electron chi connectivity index (χ2n) is 3.69. The number of hydrogen-bond acceptors (Lipinski definition) is 2. The summed E-state index contributed by atoms with van der Waals surface area (Å²) in [5, 5.41) is 8.86. The Hall–Kier alpha value is -1.54. The lowest BCUT2D eigenvalue weighted by molar-refractivity contribution is 0.244. The molecular formula is C13H14O2. The van der Waals surface area contributed by atoms with Gasteiger partial charge in [0.2, 0.25) is 0 Å². The second-order valence-corrected chi connectivity index (χ2v) is 3.69. The van der Waals surface area contributed by atoms with Gasteiger partial charge in [-0.2, -0.15) is 0 Å². The third-order valence-corrected chi connectivity index (χ3v) is 2.37. The summed E-state index contributed by atoms with van der Waals surface area (Å²) in [6.07, 6.45) is 0.778. The van der Waals surface area contributed by atoms with Gasteiger partial charge in [-0.05, 0) is 24.6 Å². The van der Waals surface area contributed by atoms with Gasteiger partial charge in [0.1, 0.15) is 18.1 Å². The molecule has 1 N–H and O–H groups in total. The van der Waals surface area contributed by atoms with E-state index in [4.69, 9.17) is 9.52 Å². The summed E-state index contributed by atoms with van der Waals surface area (Å²) in [6.45, 7) is 2.04. The Kier molecular flexibility index (Phi) is 2.88.